The Labute approximate surface area is 167 Å². The summed E-state index contributed by atoms with van der Waals surface area (Å²) in [6, 6.07) is 0. The van der Waals surface area contributed by atoms with E-state index in [1.54, 1.807) is 0 Å². The van der Waals surface area contributed by atoms with Crippen LogP contribution < -0.4 is 0 Å². The fraction of sp³-hybridized carbons (Fsp3) is 0.833. The number of rotatable bonds is 3. The highest BCUT2D eigenvalue weighted by molar-refractivity contribution is 5.78. The first-order chi connectivity index (χ1) is 13.5. The highest BCUT2D eigenvalue weighted by atomic mass is 16.6. The lowest BCUT2D eigenvalue weighted by atomic mass is 9.59. The zero-order valence-electron chi connectivity index (χ0n) is 17.1. The van der Waals surface area contributed by atoms with Gasteiger partial charge in [0.05, 0.1) is 11.8 Å². The summed E-state index contributed by atoms with van der Waals surface area (Å²) in [4.78, 5) is 25.3. The molecule has 4 nitrogen and oxygen atoms in total. The molecule has 1 saturated heterocycles. The smallest absolute Gasteiger partial charge is 0.313 e. The summed E-state index contributed by atoms with van der Waals surface area (Å²) in [5, 5.41) is 0. The summed E-state index contributed by atoms with van der Waals surface area (Å²) in [6.07, 6.45) is 7.42. The second-order valence-electron chi connectivity index (χ2n) is 10.9. The summed E-state index contributed by atoms with van der Waals surface area (Å²) in [5.41, 5.74) is 0. The van der Waals surface area contributed by atoms with Gasteiger partial charge in [-0.15, -0.1) is 0 Å². The minimum atomic E-state index is -0.283. The molecular weight excluding hydrogens is 352 g/mol. The summed E-state index contributed by atoms with van der Waals surface area (Å²) in [6.45, 7) is 7.38. The third-order valence-corrected chi connectivity index (χ3v) is 10.3. The monoisotopic (exact) mass is 384 g/mol. The van der Waals surface area contributed by atoms with Gasteiger partial charge in [-0.3, -0.25) is 9.59 Å². The van der Waals surface area contributed by atoms with E-state index in [9.17, 15) is 9.59 Å². The van der Waals surface area contributed by atoms with Crippen molar-refractivity contribution in [2.75, 3.05) is 6.61 Å². The maximum absolute atomic E-state index is 13.2. The van der Waals surface area contributed by atoms with Crippen LogP contribution in [0.1, 0.15) is 40.0 Å². The van der Waals surface area contributed by atoms with Crippen LogP contribution in [0.15, 0.2) is 12.2 Å². The van der Waals surface area contributed by atoms with Crippen molar-refractivity contribution < 1.29 is 19.1 Å². The zero-order chi connectivity index (χ0) is 19.3. The molecule has 0 aromatic carbocycles. The van der Waals surface area contributed by atoms with E-state index < -0.39 is 0 Å². The van der Waals surface area contributed by atoms with Crippen molar-refractivity contribution in [1.82, 2.24) is 0 Å². The molecule has 4 bridgehead atoms. The van der Waals surface area contributed by atoms with E-state index >= 15 is 0 Å². The zero-order valence-corrected chi connectivity index (χ0v) is 17.1. The van der Waals surface area contributed by atoms with Gasteiger partial charge in [0.1, 0.15) is 12.7 Å². The molecule has 6 aliphatic rings. The third kappa shape index (κ3) is 2.07. The van der Waals surface area contributed by atoms with Crippen molar-refractivity contribution in [2.45, 2.75) is 46.1 Å². The highest BCUT2D eigenvalue weighted by Gasteiger charge is 2.69. The Hall–Kier alpha value is -1.32. The molecule has 1 aliphatic heterocycles. The normalized spacial score (nSPS) is 57.5. The van der Waals surface area contributed by atoms with E-state index in [2.05, 4.69) is 26.8 Å². The lowest BCUT2D eigenvalue weighted by molar-refractivity contribution is -0.158. The predicted octanol–water partition coefficient (Wildman–Crippen LogP) is 3.70. The van der Waals surface area contributed by atoms with Crippen molar-refractivity contribution in [2.24, 2.45) is 71.0 Å². The van der Waals surface area contributed by atoms with Crippen LogP contribution in [-0.2, 0) is 19.1 Å². The van der Waals surface area contributed by atoms with Gasteiger partial charge in [-0.2, -0.15) is 0 Å². The van der Waals surface area contributed by atoms with Crippen LogP contribution >= 0.6 is 0 Å². The Morgan fingerprint density at radius 2 is 1.64 bits per heavy atom. The highest BCUT2D eigenvalue weighted by Crippen LogP contribution is 2.72. The molecule has 0 radical (unpaired) electrons. The van der Waals surface area contributed by atoms with Crippen LogP contribution in [0, 0.1) is 71.0 Å². The van der Waals surface area contributed by atoms with E-state index in [-0.39, 0.29) is 42.4 Å². The molecule has 13 atom stereocenters. The maximum Gasteiger partial charge on any atom is 0.313 e. The molecule has 4 saturated carbocycles. The summed E-state index contributed by atoms with van der Waals surface area (Å²) < 4.78 is 11.2. The van der Waals surface area contributed by atoms with E-state index in [1.165, 1.54) is 12.8 Å². The molecule has 4 heteroatoms. The Kier molecular flexibility index (Phi) is 3.67. The van der Waals surface area contributed by atoms with Gasteiger partial charge in [0, 0.05) is 5.92 Å². The number of esters is 2. The van der Waals surface area contributed by atoms with Gasteiger partial charge in [0.25, 0.3) is 0 Å². The number of hydrogen-bond donors (Lipinski definition) is 0. The molecule has 0 amide bonds. The van der Waals surface area contributed by atoms with Crippen molar-refractivity contribution in [3.63, 3.8) is 0 Å². The second-order valence-corrected chi connectivity index (χ2v) is 10.9. The molecule has 0 aromatic heterocycles. The summed E-state index contributed by atoms with van der Waals surface area (Å²) in [5.74, 6) is 6.30. The van der Waals surface area contributed by atoms with Gasteiger partial charge in [-0.1, -0.05) is 26.8 Å². The molecular formula is C24H32O4. The van der Waals surface area contributed by atoms with E-state index in [1.807, 2.05) is 6.08 Å². The average Bonchev–Trinajstić information content (AvgIpc) is 3.44. The van der Waals surface area contributed by atoms with E-state index in [4.69, 9.17) is 9.47 Å². The predicted molar refractivity (Wildman–Crippen MR) is 103 cm³/mol. The standard InChI is InChI=1S/C24H32O4/c1-10-11(2)15-7-14(10)21-16-8-17(22(15)21)20(12(16)3)24(26)27-9-18-13-5-4-6-19(13)28-23(18)25/h4,6,10-22H,5,7-9H2,1-3H3. The van der Waals surface area contributed by atoms with Gasteiger partial charge in [0.15, 0.2) is 0 Å². The quantitative estimate of drug-likeness (QED) is 0.423. The Morgan fingerprint density at radius 1 is 1.00 bits per heavy atom. The van der Waals surface area contributed by atoms with Crippen LogP contribution in [0.3, 0.4) is 0 Å². The second kappa shape index (κ2) is 5.86. The van der Waals surface area contributed by atoms with Gasteiger partial charge in [-0.25, -0.2) is 0 Å². The van der Waals surface area contributed by atoms with Crippen molar-refractivity contribution >= 4 is 11.9 Å². The van der Waals surface area contributed by atoms with Crippen LogP contribution in [-0.4, -0.2) is 24.6 Å². The average molecular weight is 385 g/mol. The molecule has 0 spiro atoms. The van der Waals surface area contributed by atoms with Gasteiger partial charge in [-0.05, 0) is 78.6 Å². The molecule has 0 N–H and O–H groups in total. The molecule has 1 heterocycles. The Balaban J connectivity index is 1.16. The number of carbonyl (C=O) groups is 2. The maximum atomic E-state index is 13.2. The molecule has 0 aromatic rings. The third-order valence-electron chi connectivity index (χ3n) is 10.3. The lowest BCUT2D eigenvalue weighted by Gasteiger charge is -2.45. The lowest BCUT2D eigenvalue weighted by Crippen LogP contribution is -2.44. The fourth-order valence-electron chi connectivity index (χ4n) is 8.96. The molecule has 5 fully saturated rings. The molecule has 13 unspecified atom stereocenters. The van der Waals surface area contributed by atoms with E-state index in [0.717, 1.165) is 41.9 Å². The number of carbonyl (C=O) groups excluding carboxylic acids is 2. The van der Waals surface area contributed by atoms with Crippen LogP contribution in [0.4, 0.5) is 0 Å². The van der Waals surface area contributed by atoms with Crippen LogP contribution in [0.25, 0.3) is 0 Å². The van der Waals surface area contributed by atoms with Crippen molar-refractivity contribution in [3.05, 3.63) is 12.2 Å². The Morgan fingerprint density at radius 3 is 2.39 bits per heavy atom. The summed E-state index contributed by atoms with van der Waals surface area (Å²) in [7, 11) is 0. The molecule has 5 aliphatic carbocycles. The topological polar surface area (TPSA) is 52.6 Å². The van der Waals surface area contributed by atoms with Gasteiger partial charge in [0.2, 0.25) is 0 Å². The SMILES string of the molecule is CC1C(C)C2CC1C1C3CC(C(C(=O)OCC4C(=O)OC5C=CCC54)C3C)C21. The van der Waals surface area contributed by atoms with Crippen LogP contribution in [0.5, 0.6) is 0 Å². The van der Waals surface area contributed by atoms with E-state index in [0.29, 0.717) is 17.8 Å². The number of allylic oxidation sites excluding steroid dienone is 1. The van der Waals surface area contributed by atoms with Crippen LogP contribution in [0.2, 0.25) is 0 Å². The van der Waals surface area contributed by atoms with Gasteiger partial charge < -0.3 is 9.47 Å². The first-order valence-electron chi connectivity index (χ1n) is 11.5. The van der Waals surface area contributed by atoms with Crippen molar-refractivity contribution in [1.29, 1.82) is 0 Å². The molecule has 6 rings (SSSR count). The van der Waals surface area contributed by atoms with Gasteiger partial charge >= 0.3 is 11.9 Å². The number of ether oxygens (including phenoxy) is 2. The van der Waals surface area contributed by atoms with Crippen molar-refractivity contribution in [3.8, 4) is 0 Å². The number of fused-ring (bicyclic) bond motifs is 10. The first kappa shape index (κ1) is 17.5. The fourth-order valence-corrected chi connectivity index (χ4v) is 8.96. The largest absolute Gasteiger partial charge is 0.465 e. The number of hydrogen-bond acceptors (Lipinski definition) is 4. The first-order valence-corrected chi connectivity index (χ1v) is 11.5. The Bertz CT molecular complexity index is 743. The molecule has 28 heavy (non-hydrogen) atoms. The minimum absolute atomic E-state index is 0.0378. The minimum Gasteiger partial charge on any atom is -0.465 e. The summed E-state index contributed by atoms with van der Waals surface area (Å²) >= 11 is 0. The molecule has 152 valence electrons.